The van der Waals surface area contributed by atoms with Crippen LogP contribution in [0.4, 0.5) is 0 Å². The minimum atomic E-state index is -0.962. The number of aliphatic hydroxyl groups is 1. The zero-order valence-electron chi connectivity index (χ0n) is 17.8. The van der Waals surface area contributed by atoms with Crippen molar-refractivity contribution < 1.29 is 33.6 Å². The predicted molar refractivity (Wildman–Crippen MR) is 104 cm³/mol. The first-order valence-corrected chi connectivity index (χ1v) is 10.8. The first-order valence-electron chi connectivity index (χ1n) is 10.8. The van der Waals surface area contributed by atoms with Gasteiger partial charge >= 0.3 is 0 Å². The number of fused-ring (bicyclic) bond motifs is 4. The van der Waals surface area contributed by atoms with Crippen molar-refractivity contribution in [2.45, 2.75) is 76.0 Å². The van der Waals surface area contributed by atoms with Crippen LogP contribution in [0.2, 0.25) is 0 Å². The summed E-state index contributed by atoms with van der Waals surface area (Å²) in [6.45, 7) is 7.87. The highest BCUT2D eigenvalue weighted by molar-refractivity contribution is 6.04. The van der Waals surface area contributed by atoms with Gasteiger partial charge in [-0.05, 0) is 27.7 Å². The van der Waals surface area contributed by atoms with Crippen molar-refractivity contribution in [3.63, 3.8) is 0 Å². The maximum absolute atomic E-state index is 14.0. The van der Waals surface area contributed by atoms with Crippen LogP contribution in [0.15, 0.2) is 23.3 Å². The number of carbonyl (C=O) groups is 2. The van der Waals surface area contributed by atoms with Gasteiger partial charge in [0.1, 0.15) is 24.4 Å². The van der Waals surface area contributed by atoms with Gasteiger partial charge in [-0.2, -0.15) is 0 Å². The molecule has 11 atom stereocenters. The number of hydrogen-bond acceptors (Lipinski definition) is 7. The molecule has 0 aromatic heterocycles. The first-order chi connectivity index (χ1) is 14.1. The minimum Gasteiger partial charge on any atom is -0.390 e. The summed E-state index contributed by atoms with van der Waals surface area (Å²) in [6, 6.07) is 0. The van der Waals surface area contributed by atoms with Crippen LogP contribution < -0.4 is 0 Å². The molecule has 0 radical (unpaired) electrons. The van der Waals surface area contributed by atoms with Gasteiger partial charge in [-0.1, -0.05) is 17.7 Å². The van der Waals surface area contributed by atoms with Gasteiger partial charge in [0.2, 0.25) is 0 Å². The van der Waals surface area contributed by atoms with E-state index in [2.05, 4.69) is 0 Å². The highest BCUT2D eigenvalue weighted by atomic mass is 16.6. The van der Waals surface area contributed by atoms with E-state index in [1.54, 1.807) is 7.11 Å². The third kappa shape index (κ3) is 2.08. The molecule has 30 heavy (non-hydrogen) atoms. The number of allylic oxidation sites excluding steroid dienone is 1. The number of epoxide rings is 2. The quantitative estimate of drug-likeness (QED) is 0.541. The molecule has 6 aliphatic rings. The fourth-order valence-corrected chi connectivity index (χ4v) is 6.90. The molecular weight excluding hydrogens is 388 g/mol. The molecule has 7 heteroatoms. The average Bonchev–Trinajstić information content (AvgIpc) is 3.59. The maximum Gasteiger partial charge on any atom is 0.190 e. The van der Waals surface area contributed by atoms with Crippen LogP contribution in [-0.2, 0) is 28.5 Å². The molecule has 3 saturated heterocycles. The Kier molecular flexibility index (Phi) is 3.67. The molecule has 2 saturated carbocycles. The number of methoxy groups -OCH3 is 1. The van der Waals surface area contributed by atoms with Gasteiger partial charge in [0.25, 0.3) is 0 Å². The van der Waals surface area contributed by atoms with Crippen LogP contribution in [0.5, 0.6) is 0 Å². The smallest absolute Gasteiger partial charge is 0.190 e. The molecule has 5 fully saturated rings. The topological polar surface area (TPSA) is 97.9 Å². The molecule has 1 N–H and O–H groups in total. The molecule has 3 aliphatic carbocycles. The van der Waals surface area contributed by atoms with E-state index in [9.17, 15) is 14.7 Å². The van der Waals surface area contributed by atoms with Gasteiger partial charge in [0.15, 0.2) is 11.6 Å². The minimum absolute atomic E-state index is 0.0117. The molecule has 2 bridgehead atoms. The van der Waals surface area contributed by atoms with E-state index >= 15 is 0 Å². The predicted octanol–water partition coefficient (Wildman–Crippen LogP) is 0.981. The number of rotatable bonds is 3. The highest BCUT2D eigenvalue weighted by Crippen LogP contribution is 2.69. The largest absolute Gasteiger partial charge is 0.390 e. The van der Waals surface area contributed by atoms with Crippen LogP contribution in [0.25, 0.3) is 0 Å². The molecule has 0 aromatic rings. The third-order valence-corrected chi connectivity index (χ3v) is 8.35. The fraction of sp³-hybridized carbons (Fsp3) is 0.739. The lowest BCUT2D eigenvalue weighted by Gasteiger charge is -2.55. The van der Waals surface area contributed by atoms with E-state index in [1.165, 1.54) is 0 Å². The van der Waals surface area contributed by atoms with Gasteiger partial charge in [-0.3, -0.25) is 9.59 Å². The standard InChI is InChI=1S/C23H28O7/c1-8(2)6-11-23-10(22(3,4)27-5)7-9-12(15(25)18-17(29-18)14(9)24)13(23)16(28-11)19-20(30-19)21(23)26/h6-7,10-13,15-20,25H,1-5H3/t10-,11-,12-,13-,15-,16-,17+,18+,19+,20-,23+/m1/s1. The Hall–Kier alpha value is -1.38. The van der Waals surface area contributed by atoms with Crippen molar-refractivity contribution in [1.82, 2.24) is 0 Å². The average molecular weight is 416 g/mol. The van der Waals surface area contributed by atoms with Crippen molar-refractivity contribution in [3.8, 4) is 0 Å². The van der Waals surface area contributed by atoms with Crippen molar-refractivity contribution in [2.75, 3.05) is 7.11 Å². The van der Waals surface area contributed by atoms with E-state index in [0.717, 1.165) is 5.57 Å². The lowest BCUT2D eigenvalue weighted by Crippen LogP contribution is -2.65. The number of ketones is 2. The van der Waals surface area contributed by atoms with Crippen molar-refractivity contribution in [2.24, 2.45) is 23.2 Å². The maximum atomic E-state index is 14.0. The van der Waals surface area contributed by atoms with Gasteiger partial charge in [-0.25, -0.2) is 0 Å². The summed E-state index contributed by atoms with van der Waals surface area (Å²) in [6.07, 6.45) is 0.415. The molecule has 0 amide bonds. The van der Waals surface area contributed by atoms with Gasteiger partial charge in [0, 0.05) is 30.4 Å². The van der Waals surface area contributed by atoms with Crippen molar-refractivity contribution >= 4 is 11.6 Å². The Labute approximate surface area is 175 Å². The Morgan fingerprint density at radius 2 is 1.83 bits per heavy atom. The summed E-state index contributed by atoms with van der Waals surface area (Å²) < 4.78 is 23.7. The summed E-state index contributed by atoms with van der Waals surface area (Å²) in [4.78, 5) is 27.1. The highest BCUT2D eigenvalue weighted by Gasteiger charge is 2.81. The molecule has 0 unspecified atom stereocenters. The summed E-state index contributed by atoms with van der Waals surface area (Å²) in [7, 11) is 1.63. The third-order valence-electron chi connectivity index (χ3n) is 8.35. The molecule has 7 nitrogen and oxygen atoms in total. The molecule has 0 aromatic carbocycles. The number of ether oxygens (including phenoxy) is 4. The lowest BCUT2D eigenvalue weighted by molar-refractivity contribution is -0.155. The first kappa shape index (κ1) is 19.3. The van der Waals surface area contributed by atoms with E-state index in [4.69, 9.17) is 18.9 Å². The second-order valence-electron chi connectivity index (χ2n) is 10.4. The van der Waals surface area contributed by atoms with E-state index < -0.39 is 53.4 Å². The zero-order valence-corrected chi connectivity index (χ0v) is 17.8. The van der Waals surface area contributed by atoms with E-state index in [1.807, 2.05) is 39.8 Å². The fourth-order valence-electron chi connectivity index (χ4n) is 6.90. The van der Waals surface area contributed by atoms with Crippen LogP contribution in [0.1, 0.15) is 27.7 Å². The molecule has 6 rings (SSSR count). The summed E-state index contributed by atoms with van der Waals surface area (Å²) >= 11 is 0. The lowest BCUT2D eigenvalue weighted by atomic mass is 9.46. The van der Waals surface area contributed by atoms with Crippen molar-refractivity contribution in [1.29, 1.82) is 0 Å². The summed E-state index contributed by atoms with van der Waals surface area (Å²) in [5.41, 5.74) is -0.0736. The molecule has 162 valence electrons. The Balaban J connectivity index is 1.62. The Morgan fingerprint density at radius 3 is 2.50 bits per heavy atom. The number of hydrogen-bond donors (Lipinski definition) is 1. The summed E-state index contributed by atoms with van der Waals surface area (Å²) in [5, 5.41) is 11.2. The Morgan fingerprint density at radius 1 is 1.13 bits per heavy atom. The molecule has 0 spiro atoms. The van der Waals surface area contributed by atoms with E-state index in [-0.39, 0.29) is 29.7 Å². The van der Waals surface area contributed by atoms with Gasteiger partial charge < -0.3 is 24.1 Å². The van der Waals surface area contributed by atoms with Gasteiger partial charge in [0.05, 0.1) is 29.3 Å². The Bertz CT molecular complexity index is 915. The number of Topliss-reactive ketones (excluding diaryl/α,β-unsaturated/α-hetero) is 2. The molecule has 3 aliphatic heterocycles. The van der Waals surface area contributed by atoms with Crippen LogP contribution >= 0.6 is 0 Å². The van der Waals surface area contributed by atoms with E-state index in [0.29, 0.717) is 5.57 Å². The number of aliphatic hydroxyl groups excluding tert-OH is 1. The normalized spacial score (nSPS) is 52.5. The van der Waals surface area contributed by atoms with Crippen LogP contribution in [0.3, 0.4) is 0 Å². The molecule has 3 heterocycles. The second kappa shape index (κ2) is 5.70. The number of carbonyl (C=O) groups excluding carboxylic acids is 2. The molecular formula is C23H28O7. The van der Waals surface area contributed by atoms with Crippen LogP contribution in [-0.4, -0.2) is 72.1 Å². The monoisotopic (exact) mass is 416 g/mol. The SMILES string of the molecule is COC(C)(C)[C@H]1C=C2C(=O)[C@@H]3O[C@H]3[C@H](O)[C@H]2[C@@H]2[C@H]3O[C@H](C=C(C)C)[C@]21C(=O)[C@@H]1O[C@@H]31. The zero-order chi connectivity index (χ0) is 21.3. The second-order valence-corrected chi connectivity index (χ2v) is 10.4. The summed E-state index contributed by atoms with van der Waals surface area (Å²) in [5.74, 6) is -1.33. The van der Waals surface area contributed by atoms with Crippen molar-refractivity contribution in [3.05, 3.63) is 23.3 Å². The van der Waals surface area contributed by atoms with Crippen LogP contribution in [0, 0.1) is 23.2 Å². The van der Waals surface area contributed by atoms with Gasteiger partial charge in [-0.15, -0.1) is 0 Å².